The lowest BCUT2D eigenvalue weighted by atomic mass is 10.0. The monoisotopic (exact) mass is 631 g/mol. The number of ether oxygens (including phenoxy) is 1. The predicted molar refractivity (Wildman–Crippen MR) is 167 cm³/mol. The highest BCUT2D eigenvalue weighted by Gasteiger charge is 2.35. The molecular formula is C31H35Cl2N3O5S. The van der Waals surface area contributed by atoms with E-state index < -0.39 is 28.5 Å². The summed E-state index contributed by atoms with van der Waals surface area (Å²) in [5.41, 5.74) is 1.69. The number of nitrogens with zero attached hydrogens (tertiary/aromatic N) is 2. The second-order valence-electron chi connectivity index (χ2n) is 10.4. The van der Waals surface area contributed by atoms with Gasteiger partial charge in [0.25, 0.3) is 0 Å². The molecule has 3 aromatic carbocycles. The third kappa shape index (κ3) is 8.40. The number of amides is 2. The van der Waals surface area contributed by atoms with Crippen molar-refractivity contribution in [2.24, 2.45) is 0 Å². The minimum atomic E-state index is -3.97. The molecule has 0 bridgehead atoms. The lowest BCUT2D eigenvalue weighted by Crippen LogP contribution is -2.54. The summed E-state index contributed by atoms with van der Waals surface area (Å²) < 4.78 is 32.5. The number of rotatable bonds is 12. The number of anilines is 1. The fraction of sp³-hybridized carbons (Fsp3) is 0.355. The van der Waals surface area contributed by atoms with E-state index in [4.69, 9.17) is 27.9 Å². The molecule has 1 aliphatic carbocycles. The number of hydrogen-bond donors (Lipinski definition) is 1. The van der Waals surface area contributed by atoms with Gasteiger partial charge < -0.3 is 15.0 Å². The van der Waals surface area contributed by atoms with Crippen molar-refractivity contribution >= 4 is 50.7 Å². The van der Waals surface area contributed by atoms with Crippen LogP contribution in [0.1, 0.15) is 36.8 Å². The van der Waals surface area contributed by atoms with Gasteiger partial charge in [0.05, 0.1) is 19.1 Å². The number of carbonyl (C=O) groups is 2. The first-order chi connectivity index (χ1) is 20.0. The topological polar surface area (TPSA) is 96.0 Å². The molecule has 2 amide bonds. The first kappa shape index (κ1) is 31.7. The van der Waals surface area contributed by atoms with E-state index in [0.29, 0.717) is 10.6 Å². The Labute approximate surface area is 257 Å². The normalized spacial score (nSPS) is 14.3. The Morgan fingerprint density at radius 3 is 2.26 bits per heavy atom. The van der Waals surface area contributed by atoms with Crippen LogP contribution in [0.25, 0.3) is 0 Å². The maximum atomic E-state index is 14.3. The SMILES string of the molecule is COc1ccc(Cl)cc1N(CC(=O)N(Cc1cccc(Cl)c1)C(Cc1ccccc1)C(=O)NC1CCCC1)S(C)(=O)=O. The van der Waals surface area contributed by atoms with Crippen LogP contribution < -0.4 is 14.4 Å². The van der Waals surface area contributed by atoms with Crippen molar-refractivity contribution in [2.45, 2.75) is 50.7 Å². The van der Waals surface area contributed by atoms with Crippen molar-refractivity contribution in [3.8, 4) is 5.75 Å². The zero-order valence-electron chi connectivity index (χ0n) is 23.6. The molecule has 0 spiro atoms. The molecule has 1 fully saturated rings. The summed E-state index contributed by atoms with van der Waals surface area (Å²) in [5.74, 6) is -0.615. The second kappa shape index (κ2) is 14.3. The molecule has 8 nitrogen and oxygen atoms in total. The Hall–Kier alpha value is -3.27. The van der Waals surface area contributed by atoms with E-state index in [2.05, 4.69) is 5.32 Å². The highest BCUT2D eigenvalue weighted by atomic mass is 35.5. The van der Waals surface area contributed by atoms with Crippen molar-refractivity contribution in [1.29, 1.82) is 0 Å². The number of nitrogens with one attached hydrogen (secondary N) is 1. The molecule has 4 rings (SSSR count). The highest BCUT2D eigenvalue weighted by molar-refractivity contribution is 7.92. The quantitative estimate of drug-likeness (QED) is 0.286. The Balaban J connectivity index is 1.76. The van der Waals surface area contributed by atoms with E-state index in [1.165, 1.54) is 24.1 Å². The highest BCUT2D eigenvalue weighted by Crippen LogP contribution is 2.33. The minimum Gasteiger partial charge on any atom is -0.495 e. The van der Waals surface area contributed by atoms with E-state index in [1.807, 2.05) is 36.4 Å². The fourth-order valence-electron chi connectivity index (χ4n) is 5.21. The van der Waals surface area contributed by atoms with Gasteiger partial charge in [-0.25, -0.2) is 8.42 Å². The molecular weight excluding hydrogens is 597 g/mol. The molecule has 11 heteroatoms. The van der Waals surface area contributed by atoms with Gasteiger partial charge in [0, 0.05) is 29.1 Å². The van der Waals surface area contributed by atoms with Crippen molar-refractivity contribution in [1.82, 2.24) is 10.2 Å². The van der Waals surface area contributed by atoms with E-state index >= 15 is 0 Å². The van der Waals surface area contributed by atoms with Gasteiger partial charge in [-0.2, -0.15) is 0 Å². The van der Waals surface area contributed by atoms with Gasteiger partial charge in [0.1, 0.15) is 18.3 Å². The molecule has 1 aliphatic rings. The molecule has 0 aliphatic heterocycles. The van der Waals surface area contributed by atoms with Crippen molar-refractivity contribution < 1.29 is 22.7 Å². The zero-order chi connectivity index (χ0) is 30.3. The van der Waals surface area contributed by atoms with Gasteiger partial charge >= 0.3 is 0 Å². The van der Waals surface area contributed by atoms with E-state index in [-0.39, 0.29) is 41.4 Å². The lowest BCUT2D eigenvalue weighted by Gasteiger charge is -2.34. The maximum absolute atomic E-state index is 14.3. The smallest absolute Gasteiger partial charge is 0.244 e. The fourth-order valence-corrected chi connectivity index (χ4v) is 6.43. The summed E-state index contributed by atoms with van der Waals surface area (Å²) in [5, 5.41) is 3.91. The van der Waals surface area contributed by atoms with Crippen LogP contribution >= 0.6 is 23.2 Å². The van der Waals surface area contributed by atoms with Crippen LogP contribution in [0.5, 0.6) is 5.75 Å². The van der Waals surface area contributed by atoms with Crippen LogP contribution in [0.2, 0.25) is 10.0 Å². The van der Waals surface area contributed by atoms with Gasteiger partial charge in [-0.1, -0.05) is 78.5 Å². The van der Waals surface area contributed by atoms with Gasteiger partial charge in [-0.15, -0.1) is 0 Å². The van der Waals surface area contributed by atoms with Crippen molar-refractivity contribution in [2.75, 3.05) is 24.2 Å². The third-order valence-corrected chi connectivity index (χ3v) is 8.90. The molecule has 42 heavy (non-hydrogen) atoms. The van der Waals surface area contributed by atoms with E-state index in [1.54, 1.807) is 24.3 Å². The summed E-state index contributed by atoms with van der Waals surface area (Å²) in [7, 11) is -2.57. The molecule has 0 heterocycles. The number of benzene rings is 3. The molecule has 3 aromatic rings. The second-order valence-corrected chi connectivity index (χ2v) is 13.2. The number of sulfonamides is 1. The third-order valence-electron chi connectivity index (χ3n) is 7.30. The number of methoxy groups -OCH3 is 1. The van der Waals surface area contributed by atoms with E-state index in [0.717, 1.165) is 41.8 Å². The molecule has 1 N–H and O–H groups in total. The van der Waals surface area contributed by atoms with Gasteiger partial charge in [-0.05, 0) is 54.3 Å². The van der Waals surface area contributed by atoms with Crippen LogP contribution in [0.4, 0.5) is 5.69 Å². The van der Waals surface area contributed by atoms with Crippen LogP contribution in [0.3, 0.4) is 0 Å². The number of carbonyl (C=O) groups excluding carboxylic acids is 2. The number of hydrogen-bond acceptors (Lipinski definition) is 5. The Kier molecular flexibility index (Phi) is 10.8. The van der Waals surface area contributed by atoms with Crippen LogP contribution in [0.15, 0.2) is 72.8 Å². The zero-order valence-corrected chi connectivity index (χ0v) is 26.0. The molecule has 1 atom stereocenters. The summed E-state index contributed by atoms with van der Waals surface area (Å²) in [6.07, 6.45) is 5.07. The largest absolute Gasteiger partial charge is 0.495 e. The predicted octanol–water partition coefficient (Wildman–Crippen LogP) is 5.47. The molecule has 0 aromatic heterocycles. The summed E-state index contributed by atoms with van der Waals surface area (Å²) in [4.78, 5) is 29.6. The Morgan fingerprint density at radius 2 is 1.62 bits per heavy atom. The Morgan fingerprint density at radius 1 is 0.952 bits per heavy atom. The molecule has 0 radical (unpaired) electrons. The van der Waals surface area contributed by atoms with Crippen molar-refractivity contribution in [3.63, 3.8) is 0 Å². The first-order valence-corrected chi connectivity index (χ1v) is 16.3. The molecule has 0 saturated heterocycles. The minimum absolute atomic E-state index is 0.0298. The van der Waals surface area contributed by atoms with Crippen LogP contribution in [0, 0.1) is 0 Å². The Bertz CT molecular complexity index is 1500. The number of halogens is 2. The van der Waals surface area contributed by atoms with Gasteiger partial charge in [0.2, 0.25) is 21.8 Å². The average molecular weight is 633 g/mol. The van der Waals surface area contributed by atoms with Gasteiger partial charge in [-0.3, -0.25) is 13.9 Å². The average Bonchev–Trinajstić information content (AvgIpc) is 3.46. The van der Waals surface area contributed by atoms with E-state index in [9.17, 15) is 18.0 Å². The van der Waals surface area contributed by atoms with Crippen LogP contribution in [-0.2, 0) is 32.6 Å². The molecule has 1 saturated carbocycles. The van der Waals surface area contributed by atoms with Gasteiger partial charge in [0.15, 0.2) is 0 Å². The summed E-state index contributed by atoms with van der Waals surface area (Å²) in [6, 6.07) is 20.1. The first-order valence-electron chi connectivity index (χ1n) is 13.7. The lowest BCUT2D eigenvalue weighted by molar-refractivity contribution is -0.140. The summed E-state index contributed by atoms with van der Waals surface area (Å²) in [6.45, 7) is -0.530. The van der Waals surface area contributed by atoms with Crippen molar-refractivity contribution in [3.05, 3.63) is 94.0 Å². The summed E-state index contributed by atoms with van der Waals surface area (Å²) >= 11 is 12.5. The molecule has 1 unspecified atom stereocenters. The van der Waals surface area contributed by atoms with Crippen LogP contribution in [-0.4, -0.2) is 57.1 Å². The molecule has 224 valence electrons. The standard InChI is InChI=1S/C31H35Cl2N3O5S/c1-41-29-16-15-25(33)19-27(29)36(42(2,39)40)21-30(37)35(20-23-11-8-12-24(32)17-23)28(18-22-9-4-3-5-10-22)31(38)34-26-13-6-7-14-26/h3-5,8-12,15-17,19,26,28H,6-7,13-14,18,20-21H2,1-2H3,(H,34,38). The maximum Gasteiger partial charge on any atom is 0.244 e.